The molecule has 0 radical (unpaired) electrons. The Morgan fingerprint density at radius 2 is 1.92 bits per heavy atom. The highest BCUT2D eigenvalue weighted by molar-refractivity contribution is 6.04. The van der Waals surface area contributed by atoms with E-state index in [0.717, 1.165) is 0 Å². The van der Waals surface area contributed by atoms with Crippen LogP contribution in [0, 0.1) is 5.82 Å². The molecule has 66 valence electrons. The summed E-state index contributed by atoms with van der Waals surface area (Å²) in [6.45, 7) is 0. The summed E-state index contributed by atoms with van der Waals surface area (Å²) in [5.41, 5.74) is 0.486. The number of aldehydes is 2. The Bertz CT molecular complexity index is 346. The molecule has 2 nitrogen and oxygen atoms in total. The van der Waals surface area contributed by atoms with Crippen molar-refractivity contribution in [2.75, 3.05) is 0 Å². The van der Waals surface area contributed by atoms with Gasteiger partial charge in [-0.15, -0.1) is 0 Å². The van der Waals surface area contributed by atoms with E-state index in [0.29, 0.717) is 18.1 Å². The Morgan fingerprint density at radius 3 is 2.46 bits per heavy atom. The van der Waals surface area contributed by atoms with Crippen molar-refractivity contribution in [2.45, 2.75) is 0 Å². The summed E-state index contributed by atoms with van der Waals surface area (Å²) in [7, 11) is 0. The lowest BCUT2D eigenvalue weighted by Gasteiger charge is -1.92. The maximum atomic E-state index is 12.6. The smallest absolute Gasteiger partial charge is 0.153 e. The molecule has 0 atom stereocenters. The minimum Gasteiger partial charge on any atom is -0.298 e. The van der Waals surface area contributed by atoms with E-state index in [-0.39, 0.29) is 5.57 Å². The Balaban J connectivity index is 3.02. The van der Waals surface area contributed by atoms with Gasteiger partial charge in [0.2, 0.25) is 0 Å². The first-order valence-electron chi connectivity index (χ1n) is 3.64. The lowest BCUT2D eigenvalue weighted by atomic mass is 10.1. The van der Waals surface area contributed by atoms with Crippen LogP contribution in [0.4, 0.5) is 4.39 Å². The number of halogens is 1. The molecule has 0 aliphatic carbocycles. The van der Waals surface area contributed by atoms with Crippen LogP contribution in [0.3, 0.4) is 0 Å². The van der Waals surface area contributed by atoms with Gasteiger partial charge in [0, 0.05) is 0 Å². The van der Waals surface area contributed by atoms with Gasteiger partial charge in [-0.1, -0.05) is 12.1 Å². The molecule has 0 spiro atoms. The fourth-order valence-electron chi connectivity index (χ4n) is 0.885. The van der Waals surface area contributed by atoms with E-state index in [4.69, 9.17) is 0 Å². The molecule has 0 unspecified atom stereocenters. The van der Waals surface area contributed by atoms with E-state index in [9.17, 15) is 14.0 Å². The van der Waals surface area contributed by atoms with Crippen molar-refractivity contribution < 1.29 is 14.0 Å². The number of allylic oxidation sites excluding steroid dienone is 1. The van der Waals surface area contributed by atoms with Crippen LogP contribution < -0.4 is 0 Å². The molecule has 0 saturated carbocycles. The Kier molecular flexibility index (Phi) is 3.09. The van der Waals surface area contributed by atoms with Gasteiger partial charge in [-0.25, -0.2) is 4.39 Å². The van der Waals surface area contributed by atoms with E-state index < -0.39 is 5.82 Å². The molecule has 1 rings (SSSR count). The van der Waals surface area contributed by atoms with E-state index in [2.05, 4.69) is 0 Å². The lowest BCUT2D eigenvalue weighted by Crippen LogP contribution is -1.85. The first-order chi connectivity index (χ1) is 6.26. The van der Waals surface area contributed by atoms with Crippen molar-refractivity contribution in [1.82, 2.24) is 0 Å². The highest BCUT2D eigenvalue weighted by Crippen LogP contribution is 2.06. The molecule has 0 aliphatic rings. The van der Waals surface area contributed by atoms with Crippen molar-refractivity contribution in [3.05, 3.63) is 41.2 Å². The SMILES string of the molecule is O=CC(C=O)=Cc1cccc(F)c1. The minimum atomic E-state index is -0.398. The molecule has 0 aliphatic heterocycles. The molecule has 1 aromatic carbocycles. The quantitative estimate of drug-likeness (QED) is 0.305. The van der Waals surface area contributed by atoms with Crippen molar-refractivity contribution in [3.8, 4) is 0 Å². The topological polar surface area (TPSA) is 34.1 Å². The third kappa shape index (κ3) is 2.63. The van der Waals surface area contributed by atoms with Gasteiger partial charge in [-0.2, -0.15) is 0 Å². The second-order valence-electron chi connectivity index (χ2n) is 2.44. The van der Waals surface area contributed by atoms with Crippen molar-refractivity contribution in [1.29, 1.82) is 0 Å². The largest absolute Gasteiger partial charge is 0.298 e. The third-order valence-electron chi connectivity index (χ3n) is 1.45. The molecular formula is C10H7FO2. The molecular weight excluding hydrogens is 171 g/mol. The predicted octanol–water partition coefficient (Wildman–Crippen LogP) is 1.61. The van der Waals surface area contributed by atoms with Gasteiger partial charge in [0.25, 0.3) is 0 Å². The van der Waals surface area contributed by atoms with Crippen LogP contribution in [0.25, 0.3) is 6.08 Å². The van der Waals surface area contributed by atoms with Crippen LogP contribution in [0.15, 0.2) is 29.8 Å². The number of carbonyl (C=O) groups is 2. The first kappa shape index (κ1) is 9.32. The zero-order valence-electron chi connectivity index (χ0n) is 6.74. The van der Waals surface area contributed by atoms with E-state index in [1.54, 1.807) is 6.07 Å². The van der Waals surface area contributed by atoms with Crippen LogP contribution in [-0.2, 0) is 9.59 Å². The molecule has 0 aromatic heterocycles. The zero-order valence-corrected chi connectivity index (χ0v) is 6.74. The van der Waals surface area contributed by atoms with Gasteiger partial charge in [0.05, 0.1) is 5.57 Å². The fraction of sp³-hybridized carbons (Fsp3) is 0. The van der Waals surface area contributed by atoms with Crippen LogP contribution in [0.5, 0.6) is 0 Å². The molecule has 0 saturated heterocycles. The van der Waals surface area contributed by atoms with Crippen LogP contribution in [-0.4, -0.2) is 12.6 Å². The van der Waals surface area contributed by atoms with Gasteiger partial charge < -0.3 is 0 Å². The molecule has 0 heterocycles. The number of benzene rings is 1. The predicted molar refractivity (Wildman–Crippen MR) is 46.5 cm³/mol. The molecule has 0 bridgehead atoms. The van der Waals surface area contributed by atoms with Crippen molar-refractivity contribution in [2.24, 2.45) is 0 Å². The summed E-state index contributed by atoms with van der Waals surface area (Å²) in [4.78, 5) is 20.5. The zero-order chi connectivity index (χ0) is 9.68. The highest BCUT2D eigenvalue weighted by atomic mass is 19.1. The van der Waals surface area contributed by atoms with Crippen molar-refractivity contribution >= 4 is 18.6 Å². The number of hydrogen-bond donors (Lipinski definition) is 0. The molecule has 3 heteroatoms. The van der Waals surface area contributed by atoms with Crippen LogP contribution in [0.2, 0.25) is 0 Å². The average molecular weight is 178 g/mol. The lowest BCUT2D eigenvalue weighted by molar-refractivity contribution is -0.109. The van der Waals surface area contributed by atoms with Gasteiger partial charge in [0.15, 0.2) is 12.6 Å². The molecule has 0 amide bonds. The first-order valence-corrected chi connectivity index (χ1v) is 3.64. The summed E-state index contributed by atoms with van der Waals surface area (Å²) in [5, 5.41) is 0. The summed E-state index contributed by atoms with van der Waals surface area (Å²) in [6.07, 6.45) is 2.18. The fourth-order valence-corrected chi connectivity index (χ4v) is 0.885. The Labute approximate surface area is 74.7 Å². The maximum Gasteiger partial charge on any atom is 0.153 e. The van der Waals surface area contributed by atoms with Gasteiger partial charge in [-0.3, -0.25) is 9.59 Å². The summed E-state index contributed by atoms with van der Waals surface area (Å²) in [5.74, 6) is -0.398. The second-order valence-corrected chi connectivity index (χ2v) is 2.44. The van der Waals surface area contributed by atoms with Gasteiger partial charge in [0.1, 0.15) is 5.82 Å². The molecule has 1 aromatic rings. The molecule has 13 heavy (non-hydrogen) atoms. The summed E-state index contributed by atoms with van der Waals surface area (Å²) < 4.78 is 12.6. The highest BCUT2D eigenvalue weighted by Gasteiger charge is 1.94. The standard InChI is InChI=1S/C10H7FO2/c11-10-3-1-2-8(5-10)4-9(6-12)7-13/h1-7H. The number of hydrogen-bond acceptors (Lipinski definition) is 2. The third-order valence-corrected chi connectivity index (χ3v) is 1.45. The van der Waals surface area contributed by atoms with Crippen LogP contribution >= 0.6 is 0 Å². The Hall–Kier alpha value is -1.77. The normalized spacial score (nSPS) is 9.00. The maximum absolute atomic E-state index is 12.6. The molecule has 0 fully saturated rings. The monoisotopic (exact) mass is 178 g/mol. The number of rotatable bonds is 3. The van der Waals surface area contributed by atoms with Crippen molar-refractivity contribution in [3.63, 3.8) is 0 Å². The summed E-state index contributed by atoms with van der Waals surface area (Å²) >= 11 is 0. The average Bonchev–Trinajstić information content (AvgIpc) is 2.14. The Morgan fingerprint density at radius 1 is 1.23 bits per heavy atom. The van der Waals surface area contributed by atoms with Crippen LogP contribution in [0.1, 0.15) is 5.56 Å². The molecule has 0 N–H and O–H groups in total. The van der Waals surface area contributed by atoms with E-state index >= 15 is 0 Å². The minimum absolute atomic E-state index is 0.00870. The number of carbonyl (C=O) groups excluding carboxylic acids is 2. The van der Waals surface area contributed by atoms with E-state index in [1.807, 2.05) is 0 Å². The van der Waals surface area contributed by atoms with Gasteiger partial charge >= 0.3 is 0 Å². The summed E-state index contributed by atoms with van der Waals surface area (Å²) in [6, 6.07) is 5.65. The van der Waals surface area contributed by atoms with Gasteiger partial charge in [-0.05, 0) is 23.8 Å². The van der Waals surface area contributed by atoms with E-state index in [1.165, 1.54) is 24.3 Å². The second kappa shape index (κ2) is 4.30.